The molecule has 0 aromatic heterocycles. The minimum atomic E-state index is -0.0797. The second-order valence-corrected chi connectivity index (χ2v) is 18.8. The van der Waals surface area contributed by atoms with E-state index in [1.54, 1.807) is 0 Å². The topological polar surface area (TPSA) is 46.5 Å². The molecule has 0 spiro atoms. The van der Waals surface area contributed by atoms with Gasteiger partial charge in [0.1, 0.15) is 0 Å². The Morgan fingerprint density at radius 1 is 0.316 bits per heavy atom. The monoisotopic (exact) mass is 805 g/mol. The van der Waals surface area contributed by atoms with E-state index in [-0.39, 0.29) is 12.1 Å². The maximum absolute atomic E-state index is 12.0. The molecule has 0 heterocycles. The van der Waals surface area contributed by atoms with Gasteiger partial charge in [0.25, 0.3) is 0 Å². The van der Waals surface area contributed by atoms with Crippen LogP contribution in [0.1, 0.15) is 328 Å². The number of carbonyl (C=O) groups excluding carboxylic acids is 1. The van der Waals surface area contributed by atoms with Gasteiger partial charge in [-0.2, -0.15) is 0 Å². The van der Waals surface area contributed by atoms with E-state index in [0.717, 1.165) is 32.1 Å². The summed E-state index contributed by atoms with van der Waals surface area (Å²) >= 11 is 0. The van der Waals surface area contributed by atoms with Gasteiger partial charge in [0.15, 0.2) is 0 Å². The van der Waals surface area contributed by atoms with Gasteiger partial charge >= 0.3 is 5.97 Å². The third-order valence-electron chi connectivity index (χ3n) is 12.8. The molecule has 0 aliphatic rings. The Bertz CT molecular complexity index is 722. The molecule has 0 aliphatic heterocycles. The lowest BCUT2D eigenvalue weighted by Crippen LogP contribution is -2.06. The minimum Gasteiger partial charge on any atom is -0.466 e. The molecule has 0 fully saturated rings. The van der Waals surface area contributed by atoms with Crippen molar-refractivity contribution in [1.82, 2.24) is 0 Å². The van der Waals surface area contributed by atoms with Crippen molar-refractivity contribution in [2.75, 3.05) is 6.61 Å². The summed E-state index contributed by atoms with van der Waals surface area (Å²) in [5.41, 5.74) is 0. The highest BCUT2D eigenvalue weighted by molar-refractivity contribution is 5.69. The first-order valence-corrected chi connectivity index (χ1v) is 27.0. The highest BCUT2D eigenvalue weighted by Crippen LogP contribution is 2.18. The van der Waals surface area contributed by atoms with E-state index >= 15 is 0 Å². The van der Waals surface area contributed by atoms with E-state index < -0.39 is 0 Å². The number of esters is 1. The summed E-state index contributed by atoms with van der Waals surface area (Å²) < 4.78 is 5.48. The molecule has 0 radical (unpaired) electrons. The van der Waals surface area contributed by atoms with Crippen molar-refractivity contribution >= 4 is 5.97 Å². The molecule has 0 saturated heterocycles. The number of ether oxygens (including phenoxy) is 1. The van der Waals surface area contributed by atoms with Gasteiger partial charge in [-0.05, 0) is 25.7 Å². The second kappa shape index (κ2) is 51.6. The molecule has 0 aliphatic carbocycles. The molecule has 1 N–H and O–H groups in total. The highest BCUT2D eigenvalue weighted by Gasteiger charge is 2.05. The molecular weight excluding hydrogens is 697 g/mol. The fourth-order valence-electron chi connectivity index (χ4n) is 8.75. The van der Waals surface area contributed by atoms with E-state index in [1.807, 2.05) is 0 Å². The number of hydrogen-bond acceptors (Lipinski definition) is 3. The minimum absolute atomic E-state index is 0.00860. The number of aliphatic hydroxyl groups is 1. The summed E-state index contributed by atoms with van der Waals surface area (Å²) in [7, 11) is 0. The van der Waals surface area contributed by atoms with Crippen molar-refractivity contribution in [2.24, 2.45) is 0 Å². The van der Waals surface area contributed by atoms with Crippen molar-refractivity contribution in [2.45, 2.75) is 335 Å². The summed E-state index contributed by atoms with van der Waals surface area (Å²) in [4.78, 5) is 12.0. The average Bonchev–Trinajstić information content (AvgIpc) is 3.21. The smallest absolute Gasteiger partial charge is 0.305 e. The predicted octanol–water partition coefficient (Wildman–Crippen LogP) is 19.0. The highest BCUT2D eigenvalue weighted by atomic mass is 16.5. The number of carbonyl (C=O) groups is 1. The maximum atomic E-state index is 12.0. The van der Waals surface area contributed by atoms with Crippen LogP contribution in [0.15, 0.2) is 0 Å². The van der Waals surface area contributed by atoms with Crippen LogP contribution >= 0.6 is 0 Å². The van der Waals surface area contributed by atoms with Crippen molar-refractivity contribution in [3.63, 3.8) is 0 Å². The van der Waals surface area contributed by atoms with Crippen molar-refractivity contribution in [3.8, 4) is 0 Å². The molecule has 57 heavy (non-hydrogen) atoms. The maximum Gasteiger partial charge on any atom is 0.305 e. The van der Waals surface area contributed by atoms with Crippen LogP contribution in [0, 0.1) is 0 Å². The van der Waals surface area contributed by atoms with Gasteiger partial charge in [0.2, 0.25) is 0 Å². The summed E-state index contributed by atoms with van der Waals surface area (Å²) in [6.07, 6.45) is 65.7. The van der Waals surface area contributed by atoms with Crippen LogP contribution in [0.25, 0.3) is 0 Å². The van der Waals surface area contributed by atoms with Gasteiger partial charge < -0.3 is 9.84 Å². The van der Waals surface area contributed by atoms with Gasteiger partial charge in [-0.3, -0.25) is 4.79 Å². The van der Waals surface area contributed by atoms with Crippen LogP contribution in [0.2, 0.25) is 0 Å². The van der Waals surface area contributed by atoms with Crippen LogP contribution in [-0.2, 0) is 9.53 Å². The zero-order chi connectivity index (χ0) is 41.2. The van der Waals surface area contributed by atoms with Crippen molar-refractivity contribution in [3.05, 3.63) is 0 Å². The first kappa shape index (κ1) is 56.4. The van der Waals surface area contributed by atoms with Gasteiger partial charge in [0, 0.05) is 6.42 Å². The zero-order valence-electron chi connectivity index (χ0n) is 39.7. The van der Waals surface area contributed by atoms with Gasteiger partial charge in [0.05, 0.1) is 12.7 Å². The van der Waals surface area contributed by atoms with E-state index in [9.17, 15) is 9.90 Å². The van der Waals surface area contributed by atoms with Gasteiger partial charge in [-0.15, -0.1) is 0 Å². The molecule has 0 bridgehead atoms. The van der Waals surface area contributed by atoms with Crippen LogP contribution in [0.3, 0.4) is 0 Å². The SMILES string of the molecule is CCCCCCCCCCCCCCCCCCCCCCCCCCCCCCCCCCCCOC(=O)CCCCCCCCCCC(O)CCCCCC. The largest absolute Gasteiger partial charge is 0.466 e. The van der Waals surface area contributed by atoms with Crippen molar-refractivity contribution < 1.29 is 14.6 Å². The summed E-state index contributed by atoms with van der Waals surface area (Å²) in [6, 6.07) is 0. The van der Waals surface area contributed by atoms with Crippen LogP contribution < -0.4 is 0 Å². The molecule has 0 rings (SSSR count). The second-order valence-electron chi connectivity index (χ2n) is 18.8. The van der Waals surface area contributed by atoms with Crippen LogP contribution in [-0.4, -0.2) is 23.8 Å². The number of hydrogen-bond donors (Lipinski definition) is 1. The Morgan fingerprint density at radius 2 is 0.526 bits per heavy atom. The first-order valence-electron chi connectivity index (χ1n) is 27.0. The standard InChI is InChI=1S/C54H108O3/c1-3-5-7-9-10-11-12-13-14-15-16-17-18-19-20-21-22-23-24-25-26-27-28-29-30-31-32-33-34-35-38-41-44-48-52-57-54(56)51-47-43-40-37-36-39-42-46-50-53(55)49-45-8-6-4-2/h53,55H,3-52H2,1-2H3. The molecule has 1 atom stereocenters. The van der Waals surface area contributed by atoms with Gasteiger partial charge in [-0.1, -0.05) is 296 Å². The van der Waals surface area contributed by atoms with E-state index in [1.165, 1.54) is 276 Å². The third kappa shape index (κ3) is 51.5. The molecular formula is C54H108O3. The predicted molar refractivity (Wildman–Crippen MR) is 255 cm³/mol. The van der Waals surface area contributed by atoms with E-state index in [4.69, 9.17) is 4.74 Å². The third-order valence-corrected chi connectivity index (χ3v) is 12.8. The lowest BCUT2D eigenvalue weighted by atomic mass is 10.0. The number of rotatable bonds is 51. The number of aliphatic hydroxyl groups excluding tert-OH is 1. The Kier molecular flexibility index (Phi) is 51.1. The zero-order valence-corrected chi connectivity index (χ0v) is 39.7. The molecule has 3 nitrogen and oxygen atoms in total. The molecule has 1 unspecified atom stereocenters. The molecule has 0 aromatic carbocycles. The molecule has 342 valence electrons. The Labute approximate surface area is 360 Å². The van der Waals surface area contributed by atoms with Gasteiger partial charge in [-0.25, -0.2) is 0 Å². The first-order chi connectivity index (χ1) is 28.2. The fourth-order valence-corrected chi connectivity index (χ4v) is 8.75. The Hall–Kier alpha value is -0.570. The Morgan fingerprint density at radius 3 is 0.807 bits per heavy atom. The van der Waals surface area contributed by atoms with Crippen LogP contribution in [0.5, 0.6) is 0 Å². The molecule has 3 heteroatoms. The lowest BCUT2D eigenvalue weighted by Gasteiger charge is -2.10. The normalized spacial score (nSPS) is 12.1. The lowest BCUT2D eigenvalue weighted by molar-refractivity contribution is -0.143. The summed E-state index contributed by atoms with van der Waals surface area (Å²) in [5, 5.41) is 10.1. The molecule has 0 saturated carbocycles. The quantitative estimate of drug-likeness (QED) is 0.0492. The molecule has 0 amide bonds. The Balaban J connectivity index is 3.15. The van der Waals surface area contributed by atoms with E-state index in [0.29, 0.717) is 13.0 Å². The summed E-state index contributed by atoms with van der Waals surface area (Å²) in [6.45, 7) is 5.16. The van der Waals surface area contributed by atoms with E-state index in [2.05, 4.69) is 13.8 Å². The fraction of sp³-hybridized carbons (Fsp3) is 0.981. The van der Waals surface area contributed by atoms with Crippen molar-refractivity contribution in [1.29, 1.82) is 0 Å². The summed E-state index contributed by atoms with van der Waals surface area (Å²) in [5.74, 6) is 0.00860. The molecule has 0 aromatic rings. The van der Waals surface area contributed by atoms with Crippen LogP contribution in [0.4, 0.5) is 0 Å². The average molecular weight is 805 g/mol. The number of unbranched alkanes of at least 4 members (excludes halogenated alkanes) is 43.